The van der Waals surface area contributed by atoms with E-state index in [9.17, 15) is 10.1 Å². The van der Waals surface area contributed by atoms with Crippen LogP contribution in [-0.2, 0) is 4.74 Å². The number of nitrogens with zero attached hydrogens (tertiary/aromatic N) is 5. The molecule has 3 aromatic rings. The Morgan fingerprint density at radius 1 is 1.17 bits per heavy atom. The van der Waals surface area contributed by atoms with Crippen molar-refractivity contribution in [3.63, 3.8) is 0 Å². The van der Waals surface area contributed by atoms with Gasteiger partial charge in [0.15, 0.2) is 5.69 Å². The van der Waals surface area contributed by atoms with Crippen LogP contribution in [0.5, 0.6) is 0 Å². The average Bonchev–Trinajstić information content (AvgIpc) is 3.47. The minimum Gasteiger partial charge on any atom is -0.379 e. The lowest BCUT2D eigenvalue weighted by molar-refractivity contribution is 0.0124. The molecule has 0 atom stereocenters. The lowest BCUT2D eigenvalue weighted by atomic mass is 10.1. The summed E-state index contributed by atoms with van der Waals surface area (Å²) in [7, 11) is 0. The first kappa shape index (κ1) is 24.8. The number of unbranched alkanes of at least 4 members (excludes halogenated alkanes) is 1. The molecule has 1 aliphatic heterocycles. The van der Waals surface area contributed by atoms with Gasteiger partial charge in [-0.2, -0.15) is 15.6 Å². The van der Waals surface area contributed by atoms with Gasteiger partial charge in [-0.3, -0.25) is 10.2 Å². The van der Waals surface area contributed by atoms with Crippen LogP contribution in [0.2, 0.25) is 10.0 Å². The number of ether oxygens (including phenoxy) is 1. The third-order valence-corrected chi connectivity index (χ3v) is 6.58. The molecule has 1 amide bonds. The number of hydrogen-bond donors (Lipinski definition) is 1. The van der Waals surface area contributed by atoms with Crippen LogP contribution in [0.1, 0.15) is 33.8 Å². The third kappa shape index (κ3) is 5.66. The van der Waals surface area contributed by atoms with Gasteiger partial charge >= 0.3 is 0 Å². The first-order valence-corrected chi connectivity index (χ1v) is 12.2. The molecule has 2 aromatic heterocycles. The summed E-state index contributed by atoms with van der Waals surface area (Å²) in [5.41, 5.74) is 3.81. The number of nitrogens with one attached hydrogen (secondary N) is 1. The second-order valence-electron chi connectivity index (χ2n) is 7.36. The maximum Gasteiger partial charge on any atom is 0.287 e. The first-order valence-electron chi connectivity index (χ1n) is 10.6. The lowest BCUT2D eigenvalue weighted by Crippen LogP contribution is -2.48. The standard InChI is InChI=1S/C24H18Cl2N6O2S/c25-16-5-7-20(19(26)14-16)32-23(21-8-6-17(35-21)4-2-1-3-9-27)18(15-28)22(29-32)24(33)30-31-10-12-34-13-11-31/h5-8,14H,1,3,10-13H2,(H,30,33). The SMILES string of the molecule is N#CCCC#Cc1ccc(-c2c(C#N)c(C(=O)NN3CCOCC3)nn2-c2ccc(Cl)cc2Cl)s1. The van der Waals surface area contributed by atoms with Gasteiger partial charge in [0.2, 0.25) is 0 Å². The number of aromatic nitrogens is 2. The summed E-state index contributed by atoms with van der Waals surface area (Å²) in [6.45, 7) is 2.06. The van der Waals surface area contributed by atoms with E-state index in [0.717, 1.165) is 4.88 Å². The van der Waals surface area contributed by atoms with Crippen molar-refractivity contribution in [1.29, 1.82) is 10.5 Å². The number of halogens is 2. The Balaban J connectivity index is 1.80. The molecule has 0 bridgehead atoms. The molecule has 1 aliphatic rings. The zero-order valence-corrected chi connectivity index (χ0v) is 20.7. The minimum atomic E-state index is -0.499. The van der Waals surface area contributed by atoms with Crippen molar-refractivity contribution in [3.05, 3.63) is 56.5 Å². The van der Waals surface area contributed by atoms with Crippen molar-refractivity contribution in [1.82, 2.24) is 20.2 Å². The quantitative estimate of drug-likeness (QED) is 0.391. The number of hydrogen-bond acceptors (Lipinski definition) is 7. The molecule has 11 heteroatoms. The van der Waals surface area contributed by atoms with Gasteiger partial charge in [-0.15, -0.1) is 11.3 Å². The topological polar surface area (TPSA) is 107 Å². The van der Waals surface area contributed by atoms with Gasteiger partial charge in [0.05, 0.1) is 39.7 Å². The minimum absolute atomic E-state index is 0.0185. The number of morpholine rings is 1. The van der Waals surface area contributed by atoms with E-state index in [4.69, 9.17) is 33.2 Å². The van der Waals surface area contributed by atoms with E-state index in [2.05, 4.69) is 34.5 Å². The smallest absolute Gasteiger partial charge is 0.287 e. The van der Waals surface area contributed by atoms with Crippen molar-refractivity contribution < 1.29 is 9.53 Å². The summed E-state index contributed by atoms with van der Waals surface area (Å²) in [6.07, 6.45) is 0.824. The number of hydrazine groups is 1. The fourth-order valence-electron chi connectivity index (χ4n) is 3.41. The molecule has 0 aliphatic carbocycles. The molecule has 8 nitrogen and oxygen atoms in total. The van der Waals surface area contributed by atoms with Crippen LogP contribution < -0.4 is 5.43 Å². The molecule has 0 saturated carbocycles. The fraction of sp³-hybridized carbons (Fsp3) is 0.250. The zero-order chi connectivity index (χ0) is 24.8. The number of carbonyl (C=O) groups excluding carboxylic acids is 1. The highest BCUT2D eigenvalue weighted by Crippen LogP contribution is 2.36. The maximum absolute atomic E-state index is 13.1. The van der Waals surface area contributed by atoms with Gasteiger partial charge in [-0.25, -0.2) is 9.69 Å². The second-order valence-corrected chi connectivity index (χ2v) is 9.28. The molecule has 35 heavy (non-hydrogen) atoms. The van der Waals surface area contributed by atoms with E-state index in [1.54, 1.807) is 23.2 Å². The van der Waals surface area contributed by atoms with Crippen LogP contribution in [0.4, 0.5) is 0 Å². The molecule has 1 fully saturated rings. The molecule has 4 rings (SSSR count). The summed E-state index contributed by atoms with van der Waals surface area (Å²) < 4.78 is 6.81. The first-order chi connectivity index (χ1) is 17.0. The van der Waals surface area contributed by atoms with Crippen LogP contribution >= 0.6 is 34.5 Å². The van der Waals surface area contributed by atoms with E-state index in [0.29, 0.717) is 65.4 Å². The normalized spacial score (nSPS) is 13.4. The number of amides is 1. The molecule has 1 N–H and O–H groups in total. The molecule has 1 saturated heterocycles. The van der Waals surface area contributed by atoms with Crippen molar-refractivity contribution in [2.24, 2.45) is 0 Å². The predicted octanol–water partition coefficient (Wildman–Crippen LogP) is 4.41. The Kier molecular flexibility index (Phi) is 8.05. The van der Waals surface area contributed by atoms with Crippen molar-refractivity contribution >= 4 is 40.4 Å². The summed E-state index contributed by atoms with van der Waals surface area (Å²) >= 11 is 13.9. The van der Waals surface area contributed by atoms with Crippen LogP contribution in [0.25, 0.3) is 16.3 Å². The van der Waals surface area contributed by atoms with E-state index in [1.165, 1.54) is 16.0 Å². The Hall–Kier alpha value is -3.36. The van der Waals surface area contributed by atoms with Gasteiger partial charge in [-0.1, -0.05) is 35.0 Å². The van der Waals surface area contributed by atoms with Crippen LogP contribution in [0.3, 0.4) is 0 Å². The highest BCUT2D eigenvalue weighted by molar-refractivity contribution is 7.16. The monoisotopic (exact) mass is 524 g/mol. The van der Waals surface area contributed by atoms with E-state index in [-0.39, 0.29) is 11.3 Å². The number of nitriles is 2. The van der Waals surface area contributed by atoms with Crippen LogP contribution in [0.15, 0.2) is 30.3 Å². The van der Waals surface area contributed by atoms with E-state index < -0.39 is 5.91 Å². The summed E-state index contributed by atoms with van der Waals surface area (Å²) in [6, 6.07) is 12.8. The summed E-state index contributed by atoms with van der Waals surface area (Å²) in [4.78, 5) is 14.6. The number of benzene rings is 1. The molecule has 1 aromatic carbocycles. The number of carbonyl (C=O) groups is 1. The summed E-state index contributed by atoms with van der Waals surface area (Å²) in [5.74, 6) is 5.50. The third-order valence-electron chi connectivity index (χ3n) is 5.03. The van der Waals surface area contributed by atoms with Crippen molar-refractivity contribution in [2.75, 3.05) is 26.3 Å². The van der Waals surface area contributed by atoms with Crippen LogP contribution in [-0.4, -0.2) is 47.0 Å². The van der Waals surface area contributed by atoms with Crippen molar-refractivity contribution in [2.45, 2.75) is 12.8 Å². The molecule has 0 unspecified atom stereocenters. The fourth-order valence-corrected chi connectivity index (χ4v) is 4.82. The van der Waals surface area contributed by atoms with Gasteiger partial charge in [-0.05, 0) is 30.3 Å². The maximum atomic E-state index is 13.1. The Bertz CT molecular complexity index is 1400. The van der Waals surface area contributed by atoms with E-state index >= 15 is 0 Å². The highest BCUT2D eigenvalue weighted by Gasteiger charge is 2.28. The predicted molar refractivity (Wildman–Crippen MR) is 133 cm³/mol. The largest absolute Gasteiger partial charge is 0.379 e. The van der Waals surface area contributed by atoms with Crippen molar-refractivity contribution in [3.8, 4) is 40.2 Å². The van der Waals surface area contributed by atoms with E-state index in [1.807, 2.05) is 12.1 Å². The molecule has 176 valence electrons. The molecule has 0 spiro atoms. The van der Waals surface area contributed by atoms with Gasteiger partial charge in [0, 0.05) is 31.0 Å². The van der Waals surface area contributed by atoms with Gasteiger partial charge in [0.1, 0.15) is 17.3 Å². The summed E-state index contributed by atoms with van der Waals surface area (Å²) in [5, 5.41) is 25.8. The molecular weight excluding hydrogens is 507 g/mol. The number of rotatable bonds is 5. The van der Waals surface area contributed by atoms with Gasteiger partial charge in [0.25, 0.3) is 5.91 Å². The molecule has 3 heterocycles. The highest BCUT2D eigenvalue weighted by atomic mass is 35.5. The average molecular weight is 525 g/mol. The lowest BCUT2D eigenvalue weighted by Gasteiger charge is -2.26. The zero-order valence-electron chi connectivity index (χ0n) is 18.3. The Morgan fingerprint density at radius 2 is 1.97 bits per heavy atom. The molecular formula is C24H18Cl2N6O2S. The number of thiophene rings is 1. The second kappa shape index (κ2) is 11.4. The van der Waals surface area contributed by atoms with Crippen LogP contribution in [0, 0.1) is 34.5 Å². The Morgan fingerprint density at radius 3 is 2.69 bits per heavy atom. The molecule has 0 radical (unpaired) electrons. The van der Waals surface area contributed by atoms with Gasteiger partial charge < -0.3 is 4.74 Å². The Labute approximate surface area is 216 Å².